The Bertz CT molecular complexity index is 491. The monoisotopic (exact) mass is 270 g/mol. The molecule has 1 N–H and O–H groups in total. The Hall–Kier alpha value is -1.49. The zero-order valence-electron chi connectivity index (χ0n) is 13.2. The van der Waals surface area contributed by atoms with Crippen LogP contribution in [0.5, 0.6) is 0 Å². The van der Waals surface area contributed by atoms with Crippen molar-refractivity contribution in [3.8, 4) is 6.07 Å². The number of nitrogens with zero attached hydrogens (tertiary/aromatic N) is 1. The second-order valence-electron chi connectivity index (χ2n) is 7.42. The molecule has 1 aliphatic rings. The number of benzene rings is 1. The van der Waals surface area contributed by atoms with Gasteiger partial charge < -0.3 is 5.32 Å². The zero-order valence-corrected chi connectivity index (χ0v) is 13.2. The van der Waals surface area contributed by atoms with E-state index < -0.39 is 5.41 Å². The third-order valence-corrected chi connectivity index (χ3v) is 4.46. The lowest BCUT2D eigenvalue weighted by atomic mass is 9.75. The van der Waals surface area contributed by atoms with Crippen LogP contribution >= 0.6 is 0 Å². The van der Waals surface area contributed by atoms with Crippen LogP contribution in [0.15, 0.2) is 24.3 Å². The number of nitriles is 1. The molecule has 1 aromatic rings. The Morgan fingerprint density at radius 3 is 2.45 bits per heavy atom. The van der Waals surface area contributed by atoms with Crippen LogP contribution in [0.4, 0.5) is 5.69 Å². The topological polar surface area (TPSA) is 35.8 Å². The summed E-state index contributed by atoms with van der Waals surface area (Å²) in [6.45, 7) is 8.64. The maximum atomic E-state index is 9.17. The highest BCUT2D eigenvalue weighted by molar-refractivity contribution is 5.47. The van der Waals surface area contributed by atoms with Crippen LogP contribution in [0.2, 0.25) is 0 Å². The minimum atomic E-state index is -0.411. The van der Waals surface area contributed by atoms with Crippen LogP contribution in [0.3, 0.4) is 0 Å². The quantitative estimate of drug-likeness (QED) is 0.850. The average molecular weight is 270 g/mol. The van der Waals surface area contributed by atoms with E-state index in [4.69, 9.17) is 5.26 Å². The molecule has 1 saturated carbocycles. The smallest absolute Gasteiger partial charge is 0.0766 e. The fourth-order valence-corrected chi connectivity index (χ4v) is 3.10. The number of hydrogen-bond donors (Lipinski definition) is 1. The van der Waals surface area contributed by atoms with Gasteiger partial charge in [-0.25, -0.2) is 0 Å². The first-order valence-electron chi connectivity index (χ1n) is 7.61. The molecule has 0 bridgehead atoms. The molecule has 0 spiro atoms. The first-order valence-corrected chi connectivity index (χ1v) is 7.61. The molecule has 1 aliphatic carbocycles. The van der Waals surface area contributed by atoms with Crippen LogP contribution in [-0.2, 0) is 5.41 Å². The Morgan fingerprint density at radius 1 is 1.25 bits per heavy atom. The molecule has 2 heteroatoms. The van der Waals surface area contributed by atoms with Gasteiger partial charge in [0.2, 0.25) is 0 Å². The highest BCUT2D eigenvalue weighted by atomic mass is 14.9. The summed E-state index contributed by atoms with van der Waals surface area (Å²) in [4.78, 5) is 0. The van der Waals surface area contributed by atoms with Gasteiger partial charge in [0.25, 0.3) is 0 Å². The van der Waals surface area contributed by atoms with Crippen LogP contribution in [0.25, 0.3) is 0 Å². The van der Waals surface area contributed by atoms with E-state index in [1.54, 1.807) is 0 Å². The number of anilines is 1. The molecule has 1 fully saturated rings. The summed E-state index contributed by atoms with van der Waals surface area (Å²) < 4.78 is 0. The van der Waals surface area contributed by atoms with Crippen LogP contribution in [0, 0.1) is 16.7 Å². The third-order valence-electron chi connectivity index (χ3n) is 4.46. The van der Waals surface area contributed by atoms with Gasteiger partial charge in [-0.05, 0) is 56.2 Å². The summed E-state index contributed by atoms with van der Waals surface area (Å²) in [6.07, 6.45) is 5.14. The van der Waals surface area contributed by atoms with E-state index in [-0.39, 0.29) is 0 Å². The van der Waals surface area contributed by atoms with Gasteiger partial charge in [0.15, 0.2) is 0 Å². The number of rotatable bonds is 3. The summed E-state index contributed by atoms with van der Waals surface area (Å²) >= 11 is 0. The first kappa shape index (κ1) is 14.9. The number of hydrogen-bond acceptors (Lipinski definition) is 2. The van der Waals surface area contributed by atoms with Gasteiger partial charge in [0, 0.05) is 11.7 Å². The van der Waals surface area contributed by atoms with Crippen LogP contribution in [-0.4, -0.2) is 6.04 Å². The van der Waals surface area contributed by atoms with Gasteiger partial charge in [0.05, 0.1) is 11.5 Å². The largest absolute Gasteiger partial charge is 0.382 e. The standard InChI is InChI=1S/C18H26N2/c1-17(2)11-5-6-16(12-17)20-15-9-7-14(8-10-15)18(3,4)13-19/h7-10,16,20H,5-6,11-12H2,1-4H3. The van der Waals surface area contributed by atoms with E-state index >= 15 is 0 Å². The van der Waals surface area contributed by atoms with Crippen LogP contribution < -0.4 is 5.32 Å². The van der Waals surface area contributed by atoms with E-state index in [9.17, 15) is 0 Å². The van der Waals surface area contributed by atoms with Gasteiger partial charge in [-0.1, -0.05) is 32.4 Å². The summed E-state index contributed by atoms with van der Waals surface area (Å²) in [5, 5.41) is 12.8. The molecule has 108 valence electrons. The fourth-order valence-electron chi connectivity index (χ4n) is 3.10. The minimum Gasteiger partial charge on any atom is -0.382 e. The predicted molar refractivity (Wildman–Crippen MR) is 84.7 cm³/mol. The molecular formula is C18H26N2. The Labute approximate surface area is 123 Å². The van der Waals surface area contributed by atoms with Crippen molar-refractivity contribution in [3.63, 3.8) is 0 Å². The van der Waals surface area contributed by atoms with E-state index in [0.29, 0.717) is 11.5 Å². The molecule has 0 aliphatic heterocycles. The molecule has 1 unspecified atom stereocenters. The maximum absolute atomic E-state index is 9.17. The van der Waals surface area contributed by atoms with Crippen molar-refractivity contribution in [3.05, 3.63) is 29.8 Å². The molecule has 2 nitrogen and oxygen atoms in total. The lowest BCUT2D eigenvalue weighted by Crippen LogP contribution is -2.31. The summed E-state index contributed by atoms with van der Waals surface area (Å²) in [5.41, 5.74) is 2.30. The van der Waals surface area contributed by atoms with E-state index in [1.807, 2.05) is 13.8 Å². The SMILES string of the molecule is CC1(C)CCCC(Nc2ccc(C(C)(C)C#N)cc2)C1. The lowest BCUT2D eigenvalue weighted by Gasteiger charge is -2.36. The molecule has 1 atom stereocenters. The molecule has 20 heavy (non-hydrogen) atoms. The molecule has 0 amide bonds. The highest BCUT2D eigenvalue weighted by Crippen LogP contribution is 2.36. The van der Waals surface area contributed by atoms with E-state index in [0.717, 1.165) is 5.56 Å². The molecule has 0 heterocycles. The first-order chi connectivity index (χ1) is 9.32. The van der Waals surface area contributed by atoms with Gasteiger partial charge in [-0.3, -0.25) is 0 Å². The molecule has 0 aromatic heterocycles. The van der Waals surface area contributed by atoms with Gasteiger partial charge in [-0.2, -0.15) is 5.26 Å². The second-order valence-corrected chi connectivity index (χ2v) is 7.42. The summed E-state index contributed by atoms with van der Waals surface area (Å²) in [6, 6.07) is 11.3. The van der Waals surface area contributed by atoms with Gasteiger partial charge in [-0.15, -0.1) is 0 Å². The van der Waals surface area contributed by atoms with Gasteiger partial charge in [0.1, 0.15) is 0 Å². The molecule has 0 saturated heterocycles. The van der Waals surface area contributed by atoms with Crippen molar-refractivity contribution < 1.29 is 0 Å². The lowest BCUT2D eigenvalue weighted by molar-refractivity contribution is 0.229. The van der Waals surface area contributed by atoms with Crippen molar-refractivity contribution in [2.75, 3.05) is 5.32 Å². The highest BCUT2D eigenvalue weighted by Gasteiger charge is 2.27. The van der Waals surface area contributed by atoms with Crippen molar-refractivity contribution in [2.24, 2.45) is 5.41 Å². The second kappa shape index (κ2) is 5.48. The molecule has 1 aromatic carbocycles. The minimum absolute atomic E-state index is 0.411. The van der Waals surface area contributed by atoms with Crippen molar-refractivity contribution in [1.82, 2.24) is 0 Å². The Kier molecular flexibility index (Phi) is 4.09. The fraction of sp³-hybridized carbons (Fsp3) is 0.611. The van der Waals surface area contributed by atoms with Crippen LogP contribution in [0.1, 0.15) is 58.9 Å². The molecular weight excluding hydrogens is 244 g/mol. The average Bonchev–Trinajstić information content (AvgIpc) is 2.38. The molecule has 2 rings (SSSR count). The zero-order chi connectivity index (χ0) is 14.8. The summed E-state index contributed by atoms with van der Waals surface area (Å²) in [7, 11) is 0. The Balaban J connectivity index is 2.03. The molecule has 0 radical (unpaired) electrons. The Morgan fingerprint density at radius 2 is 1.90 bits per heavy atom. The van der Waals surface area contributed by atoms with Crippen molar-refractivity contribution >= 4 is 5.69 Å². The van der Waals surface area contributed by atoms with Crippen molar-refractivity contribution in [2.45, 2.75) is 64.8 Å². The van der Waals surface area contributed by atoms with Crippen molar-refractivity contribution in [1.29, 1.82) is 5.26 Å². The summed E-state index contributed by atoms with van der Waals surface area (Å²) in [5.74, 6) is 0. The van der Waals surface area contributed by atoms with Gasteiger partial charge >= 0.3 is 0 Å². The normalized spacial score (nSPS) is 22.1. The van der Waals surface area contributed by atoms with E-state index in [1.165, 1.54) is 31.4 Å². The predicted octanol–water partition coefficient (Wildman–Crippen LogP) is 4.87. The maximum Gasteiger partial charge on any atom is 0.0766 e. The third kappa shape index (κ3) is 3.54. The number of nitrogens with one attached hydrogen (secondary N) is 1. The van der Waals surface area contributed by atoms with E-state index in [2.05, 4.69) is 49.5 Å².